The lowest BCUT2D eigenvalue weighted by molar-refractivity contribution is -0.146. The largest absolute Gasteiger partial charge is 0.469 e. The molecular formula is C20H27F3N2O2. The molecule has 3 rings (SSSR count). The molecular weight excluding hydrogens is 357 g/mol. The molecule has 0 radical (unpaired) electrons. The van der Waals surface area contributed by atoms with Gasteiger partial charge in [-0.1, -0.05) is 19.4 Å². The van der Waals surface area contributed by atoms with Gasteiger partial charge in [0.1, 0.15) is 0 Å². The fraction of sp³-hybridized carbons (Fsp3) is 0.650. The number of rotatable bonds is 4. The molecule has 0 amide bonds. The van der Waals surface area contributed by atoms with E-state index in [1.807, 2.05) is 4.90 Å². The molecule has 0 unspecified atom stereocenters. The Balaban J connectivity index is 1.90. The minimum Gasteiger partial charge on any atom is -0.469 e. The first kappa shape index (κ1) is 20.0. The van der Waals surface area contributed by atoms with Crippen LogP contribution in [0.3, 0.4) is 0 Å². The maximum Gasteiger partial charge on any atom is 0.416 e. The summed E-state index contributed by atoms with van der Waals surface area (Å²) in [5.41, 5.74) is 1.03. The smallest absolute Gasteiger partial charge is 0.416 e. The van der Waals surface area contributed by atoms with Gasteiger partial charge in [0.25, 0.3) is 0 Å². The third-order valence-electron chi connectivity index (χ3n) is 5.99. The first-order valence-corrected chi connectivity index (χ1v) is 9.59. The molecule has 1 aromatic carbocycles. The van der Waals surface area contributed by atoms with Crippen molar-refractivity contribution < 1.29 is 22.7 Å². The van der Waals surface area contributed by atoms with E-state index in [9.17, 15) is 18.0 Å². The topological polar surface area (TPSA) is 41.6 Å². The van der Waals surface area contributed by atoms with Gasteiger partial charge in [-0.3, -0.25) is 4.79 Å². The van der Waals surface area contributed by atoms with Crippen molar-refractivity contribution in [3.63, 3.8) is 0 Å². The van der Waals surface area contributed by atoms with Crippen molar-refractivity contribution in [2.75, 3.05) is 38.2 Å². The molecule has 4 nitrogen and oxygen atoms in total. The Morgan fingerprint density at radius 3 is 2.56 bits per heavy atom. The minimum absolute atomic E-state index is 0.169. The van der Waals surface area contributed by atoms with Gasteiger partial charge in [-0.25, -0.2) is 0 Å². The molecule has 0 saturated carbocycles. The Morgan fingerprint density at radius 1 is 1.26 bits per heavy atom. The van der Waals surface area contributed by atoms with Crippen molar-refractivity contribution in [1.82, 2.24) is 5.32 Å². The number of alkyl halides is 3. The molecule has 0 bridgehead atoms. The van der Waals surface area contributed by atoms with Crippen molar-refractivity contribution in [3.8, 4) is 0 Å². The van der Waals surface area contributed by atoms with Crippen LogP contribution < -0.4 is 10.2 Å². The number of nitrogens with zero attached hydrogens (tertiary/aromatic N) is 1. The van der Waals surface area contributed by atoms with Gasteiger partial charge in [0.05, 0.1) is 18.6 Å². The molecule has 2 aliphatic rings. The third kappa shape index (κ3) is 4.23. The van der Waals surface area contributed by atoms with Gasteiger partial charge < -0.3 is 15.0 Å². The van der Waals surface area contributed by atoms with Crippen LogP contribution >= 0.6 is 0 Å². The number of halogens is 3. The van der Waals surface area contributed by atoms with E-state index in [1.54, 1.807) is 6.07 Å². The zero-order valence-electron chi connectivity index (χ0n) is 15.8. The first-order chi connectivity index (χ1) is 12.8. The highest BCUT2D eigenvalue weighted by Gasteiger charge is 2.36. The molecule has 150 valence electrons. The average Bonchev–Trinajstić information content (AvgIpc) is 3.15. The molecule has 0 aliphatic carbocycles. The average molecular weight is 384 g/mol. The molecule has 2 aliphatic heterocycles. The van der Waals surface area contributed by atoms with Gasteiger partial charge in [-0.15, -0.1) is 0 Å². The quantitative estimate of drug-likeness (QED) is 0.802. The van der Waals surface area contributed by atoms with Crippen LogP contribution in [-0.2, 0) is 15.7 Å². The van der Waals surface area contributed by atoms with Crippen molar-refractivity contribution in [3.05, 3.63) is 29.3 Å². The molecule has 2 fully saturated rings. The Morgan fingerprint density at radius 2 is 1.96 bits per heavy atom. The summed E-state index contributed by atoms with van der Waals surface area (Å²) < 4.78 is 44.7. The fourth-order valence-corrected chi connectivity index (χ4v) is 4.36. The minimum atomic E-state index is -4.37. The van der Waals surface area contributed by atoms with Crippen LogP contribution in [0.4, 0.5) is 18.9 Å². The van der Waals surface area contributed by atoms with Gasteiger partial charge in [-0.2, -0.15) is 13.2 Å². The fourth-order valence-electron chi connectivity index (χ4n) is 4.36. The van der Waals surface area contributed by atoms with E-state index < -0.39 is 11.7 Å². The van der Waals surface area contributed by atoms with Crippen LogP contribution in [0, 0.1) is 11.8 Å². The predicted octanol–water partition coefficient (Wildman–Crippen LogP) is 3.81. The van der Waals surface area contributed by atoms with E-state index in [4.69, 9.17) is 4.74 Å². The Bertz CT molecular complexity index is 670. The summed E-state index contributed by atoms with van der Waals surface area (Å²) in [7, 11) is 1.37. The molecule has 7 heteroatoms. The number of esters is 1. The summed E-state index contributed by atoms with van der Waals surface area (Å²) in [4.78, 5) is 13.8. The van der Waals surface area contributed by atoms with Gasteiger partial charge >= 0.3 is 12.1 Å². The van der Waals surface area contributed by atoms with E-state index in [-0.39, 0.29) is 17.8 Å². The van der Waals surface area contributed by atoms with Crippen LogP contribution in [0.25, 0.3) is 0 Å². The van der Waals surface area contributed by atoms with Crippen molar-refractivity contribution in [2.24, 2.45) is 11.8 Å². The molecule has 2 atom stereocenters. The summed E-state index contributed by atoms with van der Waals surface area (Å²) in [6.45, 7) is 4.92. The number of anilines is 1. The maximum atomic E-state index is 13.3. The monoisotopic (exact) mass is 384 g/mol. The highest BCUT2D eigenvalue weighted by Crippen LogP contribution is 2.41. The molecule has 2 heterocycles. The lowest BCUT2D eigenvalue weighted by atomic mass is 9.85. The van der Waals surface area contributed by atoms with E-state index >= 15 is 0 Å². The highest BCUT2D eigenvalue weighted by atomic mass is 19.4. The SMILES string of the molecule is CC[C@@H]1CNC[C@H]1c1ccc(C(F)(F)F)cc1N1CCC(C(=O)OC)CC1. The zero-order valence-corrected chi connectivity index (χ0v) is 15.8. The summed E-state index contributed by atoms with van der Waals surface area (Å²) in [5, 5.41) is 3.37. The molecule has 0 aromatic heterocycles. The second-order valence-electron chi connectivity index (χ2n) is 7.49. The predicted molar refractivity (Wildman–Crippen MR) is 97.8 cm³/mol. The van der Waals surface area contributed by atoms with E-state index in [2.05, 4.69) is 12.2 Å². The highest BCUT2D eigenvalue weighted by molar-refractivity contribution is 5.73. The van der Waals surface area contributed by atoms with Gasteiger partial charge in [0, 0.05) is 31.2 Å². The Hall–Kier alpha value is -1.76. The van der Waals surface area contributed by atoms with Crippen LogP contribution in [-0.4, -0.2) is 39.3 Å². The van der Waals surface area contributed by atoms with Crippen LogP contribution in [0.15, 0.2) is 18.2 Å². The molecule has 1 aromatic rings. The van der Waals surface area contributed by atoms with Crippen molar-refractivity contribution in [2.45, 2.75) is 38.3 Å². The Labute approximate surface area is 158 Å². The number of ether oxygens (including phenoxy) is 1. The number of hydrogen-bond donors (Lipinski definition) is 1. The number of carbonyl (C=O) groups excluding carboxylic acids is 1. The number of hydrogen-bond acceptors (Lipinski definition) is 4. The number of carbonyl (C=O) groups is 1. The summed E-state index contributed by atoms with van der Waals surface area (Å²) in [5.74, 6) is 0.237. The van der Waals surface area contributed by atoms with Crippen molar-refractivity contribution in [1.29, 1.82) is 0 Å². The van der Waals surface area contributed by atoms with Crippen molar-refractivity contribution >= 4 is 11.7 Å². The number of piperidine rings is 1. The normalized spacial score (nSPS) is 24.3. The van der Waals surface area contributed by atoms with Crippen LogP contribution in [0.1, 0.15) is 43.2 Å². The van der Waals surface area contributed by atoms with Gasteiger partial charge in [-0.05, 0) is 43.0 Å². The van der Waals surface area contributed by atoms with E-state index in [0.717, 1.165) is 25.1 Å². The summed E-state index contributed by atoms with van der Waals surface area (Å²) in [6.07, 6.45) is -2.18. The molecule has 0 spiro atoms. The summed E-state index contributed by atoms with van der Waals surface area (Å²) >= 11 is 0. The molecule has 1 N–H and O–H groups in total. The van der Waals surface area contributed by atoms with Gasteiger partial charge in [0.2, 0.25) is 0 Å². The zero-order chi connectivity index (χ0) is 19.6. The second kappa shape index (κ2) is 8.09. The molecule has 2 saturated heterocycles. The number of nitrogens with one attached hydrogen (secondary N) is 1. The number of benzene rings is 1. The van der Waals surface area contributed by atoms with Crippen LogP contribution in [0.5, 0.6) is 0 Å². The lowest BCUT2D eigenvalue weighted by Crippen LogP contribution is -2.37. The first-order valence-electron chi connectivity index (χ1n) is 9.59. The summed E-state index contributed by atoms with van der Waals surface area (Å²) in [6, 6.07) is 4.15. The number of methoxy groups -OCH3 is 1. The lowest BCUT2D eigenvalue weighted by Gasteiger charge is -2.35. The maximum absolute atomic E-state index is 13.3. The standard InChI is InChI=1S/C20H27F3N2O2/c1-3-13-11-24-12-17(13)16-5-4-15(20(21,22)23)10-18(16)25-8-6-14(7-9-25)19(26)27-2/h4-5,10,13-14,17,24H,3,6-9,11-12H2,1-2H3/t13-,17-/m1/s1. The van der Waals surface area contributed by atoms with E-state index in [0.29, 0.717) is 37.5 Å². The third-order valence-corrected chi connectivity index (χ3v) is 5.99. The van der Waals surface area contributed by atoms with Gasteiger partial charge in [0.15, 0.2) is 0 Å². The molecule has 27 heavy (non-hydrogen) atoms. The van der Waals surface area contributed by atoms with E-state index in [1.165, 1.54) is 19.2 Å². The second-order valence-corrected chi connectivity index (χ2v) is 7.49. The Kier molecular flexibility index (Phi) is 5.99. The van der Waals surface area contributed by atoms with Crippen LogP contribution in [0.2, 0.25) is 0 Å².